The maximum absolute atomic E-state index is 13.5. The Bertz CT molecular complexity index is 694. The third-order valence-electron chi connectivity index (χ3n) is 3.01. The number of esters is 1. The normalized spacial score (nSPS) is 10.2. The highest BCUT2D eigenvalue weighted by Gasteiger charge is 2.17. The molecule has 0 fully saturated rings. The Morgan fingerprint density at radius 2 is 1.65 bits per heavy atom. The van der Waals surface area contributed by atoms with Gasteiger partial charge in [0.05, 0.1) is 12.2 Å². The molecule has 120 valence electrons. The number of ether oxygens (including phenoxy) is 1. The predicted molar refractivity (Wildman–Crippen MR) is 81.3 cm³/mol. The van der Waals surface area contributed by atoms with Gasteiger partial charge in [-0.2, -0.15) is 0 Å². The van der Waals surface area contributed by atoms with Crippen LogP contribution < -0.4 is 5.32 Å². The molecule has 1 N–H and O–H groups in total. The minimum atomic E-state index is -0.942. The molecule has 0 spiro atoms. The predicted octanol–water partition coefficient (Wildman–Crippen LogP) is 3.78. The molecule has 23 heavy (non-hydrogen) atoms. The summed E-state index contributed by atoms with van der Waals surface area (Å²) in [5.41, 5.74) is -0.0165. The van der Waals surface area contributed by atoms with Crippen molar-refractivity contribution in [3.05, 3.63) is 65.2 Å². The van der Waals surface area contributed by atoms with Crippen LogP contribution in [0.3, 0.4) is 0 Å². The number of carbonyl (C=O) groups is 2. The van der Waals surface area contributed by atoms with E-state index in [0.29, 0.717) is 24.3 Å². The van der Waals surface area contributed by atoms with Crippen LogP contribution in [0.1, 0.15) is 34.1 Å². The van der Waals surface area contributed by atoms with Gasteiger partial charge in [0.25, 0.3) is 5.91 Å². The van der Waals surface area contributed by atoms with Crippen molar-refractivity contribution < 1.29 is 23.1 Å². The molecule has 0 heterocycles. The van der Waals surface area contributed by atoms with E-state index in [-0.39, 0.29) is 0 Å². The monoisotopic (exact) mass is 319 g/mol. The van der Waals surface area contributed by atoms with Gasteiger partial charge in [-0.15, -0.1) is 0 Å². The molecule has 2 aromatic carbocycles. The fraction of sp³-hybridized carbons (Fsp3) is 0.176. The van der Waals surface area contributed by atoms with E-state index in [9.17, 15) is 18.4 Å². The summed E-state index contributed by atoms with van der Waals surface area (Å²) in [6.07, 6.45) is 0.716. The Balaban J connectivity index is 2.09. The molecule has 0 radical (unpaired) electrons. The van der Waals surface area contributed by atoms with Crippen LogP contribution in [0.15, 0.2) is 42.5 Å². The van der Waals surface area contributed by atoms with E-state index in [0.717, 1.165) is 12.1 Å². The van der Waals surface area contributed by atoms with Gasteiger partial charge in [-0.25, -0.2) is 13.6 Å². The highest BCUT2D eigenvalue weighted by atomic mass is 19.1. The molecule has 6 heteroatoms. The summed E-state index contributed by atoms with van der Waals surface area (Å²) >= 11 is 0. The summed E-state index contributed by atoms with van der Waals surface area (Å²) in [6, 6.07) is 9.03. The molecule has 4 nitrogen and oxygen atoms in total. The molecule has 0 aliphatic carbocycles. The van der Waals surface area contributed by atoms with Crippen molar-refractivity contribution in [3.63, 3.8) is 0 Å². The van der Waals surface area contributed by atoms with Crippen LogP contribution in [0.25, 0.3) is 0 Å². The number of rotatable bonds is 5. The second-order valence-corrected chi connectivity index (χ2v) is 4.76. The third-order valence-corrected chi connectivity index (χ3v) is 3.01. The zero-order valence-corrected chi connectivity index (χ0v) is 12.4. The van der Waals surface area contributed by atoms with E-state index in [2.05, 4.69) is 5.32 Å². The maximum atomic E-state index is 13.5. The summed E-state index contributed by atoms with van der Waals surface area (Å²) in [5.74, 6) is -3.25. The quantitative estimate of drug-likeness (QED) is 0.853. The fourth-order valence-electron chi connectivity index (χ4n) is 1.88. The molecule has 0 unspecified atom stereocenters. The van der Waals surface area contributed by atoms with Crippen LogP contribution in [-0.2, 0) is 4.74 Å². The zero-order chi connectivity index (χ0) is 16.8. The van der Waals surface area contributed by atoms with E-state index in [1.54, 1.807) is 0 Å². The topological polar surface area (TPSA) is 55.4 Å². The van der Waals surface area contributed by atoms with Gasteiger partial charge in [0, 0.05) is 5.69 Å². The minimum Gasteiger partial charge on any atom is -0.462 e. The standard InChI is InChI=1S/C17H15F2NO3/c1-2-10-23-17(22)11-6-8-12(9-7-11)20-16(21)15-13(18)4-3-5-14(15)19/h3-9H,2,10H2,1H3,(H,20,21). The Morgan fingerprint density at radius 1 is 1.04 bits per heavy atom. The van der Waals surface area contributed by atoms with Crippen LogP contribution in [0, 0.1) is 11.6 Å². The SMILES string of the molecule is CCCOC(=O)c1ccc(NC(=O)c2c(F)cccc2F)cc1. The third kappa shape index (κ3) is 4.12. The maximum Gasteiger partial charge on any atom is 0.338 e. The first kappa shape index (κ1) is 16.6. The van der Waals surface area contributed by atoms with Crippen molar-refractivity contribution in [2.24, 2.45) is 0 Å². The smallest absolute Gasteiger partial charge is 0.338 e. The molecule has 0 bridgehead atoms. The molecule has 0 atom stereocenters. The van der Waals surface area contributed by atoms with Crippen LogP contribution in [0.2, 0.25) is 0 Å². The molecule has 0 aromatic heterocycles. The van der Waals surface area contributed by atoms with Gasteiger partial charge in [0.15, 0.2) is 0 Å². The summed E-state index contributed by atoms with van der Waals surface area (Å²) < 4.78 is 32.0. The molecule has 2 aromatic rings. The largest absolute Gasteiger partial charge is 0.462 e. The first-order chi connectivity index (χ1) is 11.0. The number of amides is 1. The van der Waals surface area contributed by atoms with Crippen molar-refractivity contribution in [3.8, 4) is 0 Å². The van der Waals surface area contributed by atoms with E-state index in [4.69, 9.17) is 4.74 Å². The second-order valence-electron chi connectivity index (χ2n) is 4.76. The lowest BCUT2D eigenvalue weighted by molar-refractivity contribution is 0.0505. The minimum absolute atomic E-state index is 0.310. The molecule has 0 saturated carbocycles. The Morgan fingerprint density at radius 3 is 2.22 bits per heavy atom. The Kier molecular flexibility index (Phi) is 5.41. The van der Waals surface area contributed by atoms with Gasteiger partial charge in [0.1, 0.15) is 17.2 Å². The van der Waals surface area contributed by atoms with Gasteiger partial charge in [-0.1, -0.05) is 13.0 Å². The van der Waals surface area contributed by atoms with E-state index in [1.165, 1.54) is 30.3 Å². The first-order valence-electron chi connectivity index (χ1n) is 7.05. The number of anilines is 1. The van der Waals surface area contributed by atoms with Crippen molar-refractivity contribution >= 4 is 17.6 Å². The molecule has 0 aliphatic heterocycles. The van der Waals surface area contributed by atoms with Gasteiger partial charge in [-0.05, 0) is 42.8 Å². The van der Waals surface area contributed by atoms with Gasteiger partial charge >= 0.3 is 5.97 Å². The van der Waals surface area contributed by atoms with Gasteiger partial charge in [-0.3, -0.25) is 4.79 Å². The molecular weight excluding hydrogens is 304 g/mol. The number of benzene rings is 2. The number of nitrogens with one attached hydrogen (secondary N) is 1. The summed E-state index contributed by atoms with van der Waals surface area (Å²) in [6.45, 7) is 2.21. The molecular formula is C17H15F2NO3. The van der Waals surface area contributed by atoms with Crippen LogP contribution >= 0.6 is 0 Å². The van der Waals surface area contributed by atoms with E-state index >= 15 is 0 Å². The van der Waals surface area contributed by atoms with Crippen molar-refractivity contribution in [2.75, 3.05) is 11.9 Å². The fourth-order valence-corrected chi connectivity index (χ4v) is 1.88. The highest BCUT2D eigenvalue weighted by Crippen LogP contribution is 2.16. The number of carbonyl (C=O) groups excluding carboxylic acids is 2. The summed E-state index contributed by atoms with van der Waals surface area (Å²) in [7, 11) is 0. The van der Waals surface area contributed by atoms with Crippen molar-refractivity contribution in [1.29, 1.82) is 0 Å². The number of hydrogen-bond acceptors (Lipinski definition) is 3. The highest BCUT2D eigenvalue weighted by molar-refractivity contribution is 6.04. The second kappa shape index (κ2) is 7.49. The zero-order valence-electron chi connectivity index (χ0n) is 12.4. The average molecular weight is 319 g/mol. The van der Waals surface area contributed by atoms with Crippen molar-refractivity contribution in [1.82, 2.24) is 0 Å². The Labute approximate surface area is 132 Å². The first-order valence-corrected chi connectivity index (χ1v) is 7.05. The van der Waals surface area contributed by atoms with Crippen molar-refractivity contribution in [2.45, 2.75) is 13.3 Å². The van der Waals surface area contributed by atoms with Crippen LogP contribution in [0.4, 0.5) is 14.5 Å². The summed E-state index contributed by atoms with van der Waals surface area (Å²) in [5, 5.41) is 2.38. The molecule has 0 aliphatic rings. The van der Waals surface area contributed by atoms with Gasteiger partial charge in [0.2, 0.25) is 0 Å². The van der Waals surface area contributed by atoms with E-state index in [1.807, 2.05) is 6.92 Å². The summed E-state index contributed by atoms with van der Waals surface area (Å²) in [4.78, 5) is 23.6. The lowest BCUT2D eigenvalue weighted by atomic mass is 10.1. The number of halogens is 2. The number of hydrogen-bond donors (Lipinski definition) is 1. The lowest BCUT2D eigenvalue weighted by Crippen LogP contribution is -2.16. The van der Waals surface area contributed by atoms with E-state index < -0.39 is 29.1 Å². The molecule has 2 rings (SSSR count). The van der Waals surface area contributed by atoms with Crippen LogP contribution in [-0.4, -0.2) is 18.5 Å². The molecule has 0 saturated heterocycles. The average Bonchev–Trinajstić information content (AvgIpc) is 2.53. The molecule has 1 amide bonds. The lowest BCUT2D eigenvalue weighted by Gasteiger charge is -2.08. The van der Waals surface area contributed by atoms with Crippen LogP contribution in [0.5, 0.6) is 0 Å². The Hall–Kier alpha value is -2.76. The van der Waals surface area contributed by atoms with Gasteiger partial charge < -0.3 is 10.1 Å².